The zero-order valence-electron chi connectivity index (χ0n) is 11.8. The number of rotatable bonds is 4. The molecule has 0 radical (unpaired) electrons. The number of hydrogen-bond acceptors (Lipinski definition) is 4. The fourth-order valence-electron chi connectivity index (χ4n) is 2.75. The van der Waals surface area contributed by atoms with E-state index in [1.165, 1.54) is 0 Å². The fraction of sp³-hybridized carbons (Fsp3) is 0.714. The van der Waals surface area contributed by atoms with Crippen LogP contribution in [-0.2, 0) is 11.3 Å². The summed E-state index contributed by atoms with van der Waals surface area (Å²) in [6, 6.07) is 0. The van der Waals surface area contributed by atoms with Crippen molar-refractivity contribution in [3.05, 3.63) is 16.1 Å². The van der Waals surface area contributed by atoms with E-state index in [2.05, 4.69) is 4.98 Å². The van der Waals surface area contributed by atoms with Crippen LogP contribution in [0, 0.1) is 18.8 Å². The predicted octanol–water partition coefficient (Wildman–Crippen LogP) is 2.18. The Morgan fingerprint density at radius 2 is 2.16 bits per heavy atom. The Hall–Kier alpha value is -0.940. The van der Waals surface area contributed by atoms with Crippen molar-refractivity contribution in [2.45, 2.75) is 39.2 Å². The van der Waals surface area contributed by atoms with Crippen LogP contribution >= 0.6 is 11.3 Å². The summed E-state index contributed by atoms with van der Waals surface area (Å²) in [7, 11) is 1.90. The van der Waals surface area contributed by atoms with Gasteiger partial charge >= 0.3 is 0 Å². The van der Waals surface area contributed by atoms with Gasteiger partial charge in [-0.3, -0.25) is 4.79 Å². The molecule has 1 fully saturated rings. The molecule has 2 N–H and O–H groups in total. The first-order chi connectivity index (χ1) is 9.10. The largest absolute Gasteiger partial charge is 0.340 e. The lowest BCUT2D eigenvalue weighted by molar-refractivity contribution is -0.136. The highest BCUT2D eigenvalue weighted by molar-refractivity contribution is 7.11. The van der Waals surface area contributed by atoms with Crippen molar-refractivity contribution in [2.24, 2.45) is 17.6 Å². The second kappa shape index (κ2) is 6.48. The first-order valence-corrected chi connectivity index (χ1v) is 7.78. The number of amides is 1. The van der Waals surface area contributed by atoms with Gasteiger partial charge in [0.2, 0.25) is 5.91 Å². The number of nitrogens with two attached hydrogens (primary N) is 1. The smallest absolute Gasteiger partial charge is 0.225 e. The summed E-state index contributed by atoms with van der Waals surface area (Å²) in [5.74, 6) is 1.10. The van der Waals surface area contributed by atoms with Gasteiger partial charge in [-0.25, -0.2) is 4.98 Å². The molecule has 1 aliphatic carbocycles. The maximum Gasteiger partial charge on any atom is 0.225 e. The van der Waals surface area contributed by atoms with Crippen molar-refractivity contribution in [3.8, 4) is 0 Å². The molecule has 0 atom stereocenters. The maximum absolute atomic E-state index is 12.4. The highest BCUT2D eigenvalue weighted by atomic mass is 32.1. The molecule has 0 aromatic carbocycles. The van der Waals surface area contributed by atoms with E-state index in [0.29, 0.717) is 12.5 Å². The summed E-state index contributed by atoms with van der Waals surface area (Å²) in [5.41, 5.74) is 5.69. The van der Waals surface area contributed by atoms with Gasteiger partial charge in [-0.2, -0.15) is 0 Å². The van der Waals surface area contributed by atoms with Gasteiger partial charge in [0.15, 0.2) is 0 Å². The Bertz CT molecular complexity index is 424. The van der Waals surface area contributed by atoms with Crippen molar-refractivity contribution in [1.82, 2.24) is 9.88 Å². The van der Waals surface area contributed by atoms with Gasteiger partial charge in [-0.1, -0.05) is 0 Å². The fourth-order valence-corrected chi connectivity index (χ4v) is 3.60. The van der Waals surface area contributed by atoms with Crippen molar-refractivity contribution in [1.29, 1.82) is 0 Å². The third-order valence-electron chi connectivity index (χ3n) is 3.97. The second-order valence-corrected chi connectivity index (χ2v) is 6.81. The van der Waals surface area contributed by atoms with Crippen molar-refractivity contribution >= 4 is 17.2 Å². The topological polar surface area (TPSA) is 59.2 Å². The third-order valence-corrected chi connectivity index (χ3v) is 4.87. The van der Waals surface area contributed by atoms with E-state index >= 15 is 0 Å². The minimum absolute atomic E-state index is 0.196. The Morgan fingerprint density at radius 3 is 2.68 bits per heavy atom. The standard InChI is InChI=1S/C14H23N3OS/c1-10-16-8-13(19-10)9-17(2)14(18)12-5-3-11(7-15)4-6-12/h8,11-12H,3-7,9,15H2,1-2H3. The van der Waals surface area contributed by atoms with Crippen molar-refractivity contribution in [2.75, 3.05) is 13.6 Å². The van der Waals surface area contributed by atoms with Crippen molar-refractivity contribution < 1.29 is 4.79 Å². The van der Waals surface area contributed by atoms with Crippen LogP contribution in [0.1, 0.15) is 35.6 Å². The maximum atomic E-state index is 12.4. The zero-order valence-corrected chi connectivity index (χ0v) is 12.6. The molecule has 0 bridgehead atoms. The molecule has 1 aromatic rings. The number of hydrogen-bond donors (Lipinski definition) is 1. The Balaban J connectivity index is 1.85. The van der Waals surface area contributed by atoms with Crippen LogP contribution in [-0.4, -0.2) is 29.4 Å². The number of carbonyl (C=O) groups excluding carboxylic acids is 1. The lowest BCUT2D eigenvalue weighted by atomic mass is 9.81. The molecule has 1 saturated carbocycles. The van der Waals surface area contributed by atoms with Gasteiger partial charge < -0.3 is 10.6 Å². The minimum Gasteiger partial charge on any atom is -0.340 e. The molecule has 1 aliphatic rings. The zero-order chi connectivity index (χ0) is 13.8. The van der Waals surface area contributed by atoms with E-state index in [-0.39, 0.29) is 11.8 Å². The van der Waals surface area contributed by atoms with E-state index < -0.39 is 0 Å². The van der Waals surface area contributed by atoms with Gasteiger partial charge in [0, 0.05) is 24.0 Å². The van der Waals surface area contributed by atoms with Crippen LogP contribution in [0.15, 0.2) is 6.20 Å². The highest BCUT2D eigenvalue weighted by Gasteiger charge is 2.27. The van der Waals surface area contributed by atoms with Gasteiger partial charge in [0.25, 0.3) is 0 Å². The normalized spacial score (nSPS) is 23.3. The molecule has 0 aliphatic heterocycles. The van der Waals surface area contributed by atoms with Gasteiger partial charge in [-0.05, 0) is 45.1 Å². The molecule has 5 heteroatoms. The van der Waals surface area contributed by atoms with E-state index in [1.54, 1.807) is 11.3 Å². The number of thiazole rings is 1. The van der Waals surface area contributed by atoms with Crippen LogP contribution in [0.2, 0.25) is 0 Å². The first-order valence-electron chi connectivity index (χ1n) is 6.96. The average Bonchev–Trinajstić information content (AvgIpc) is 2.83. The molecule has 1 heterocycles. The van der Waals surface area contributed by atoms with Crippen LogP contribution in [0.25, 0.3) is 0 Å². The van der Waals surface area contributed by atoms with Gasteiger partial charge in [0.1, 0.15) is 0 Å². The number of carbonyl (C=O) groups is 1. The molecule has 1 amide bonds. The molecule has 0 saturated heterocycles. The summed E-state index contributed by atoms with van der Waals surface area (Å²) in [6.07, 6.45) is 6.05. The van der Waals surface area contributed by atoms with E-state index in [0.717, 1.165) is 42.1 Å². The highest BCUT2D eigenvalue weighted by Crippen LogP contribution is 2.29. The average molecular weight is 281 g/mol. The lowest BCUT2D eigenvalue weighted by Crippen LogP contribution is -2.35. The number of aryl methyl sites for hydroxylation is 1. The molecule has 0 spiro atoms. The van der Waals surface area contributed by atoms with E-state index in [4.69, 9.17) is 5.73 Å². The molecule has 1 aromatic heterocycles. The number of aromatic nitrogens is 1. The molecule has 4 nitrogen and oxygen atoms in total. The lowest BCUT2D eigenvalue weighted by Gasteiger charge is -2.29. The van der Waals surface area contributed by atoms with Gasteiger partial charge in [0.05, 0.1) is 11.6 Å². The minimum atomic E-state index is 0.196. The molecule has 2 rings (SSSR count). The van der Waals surface area contributed by atoms with E-state index in [9.17, 15) is 4.79 Å². The van der Waals surface area contributed by atoms with Crippen LogP contribution in [0.3, 0.4) is 0 Å². The van der Waals surface area contributed by atoms with Crippen LogP contribution in [0.5, 0.6) is 0 Å². The summed E-state index contributed by atoms with van der Waals surface area (Å²) in [4.78, 5) is 19.6. The predicted molar refractivity (Wildman–Crippen MR) is 77.8 cm³/mol. The summed E-state index contributed by atoms with van der Waals surface area (Å²) >= 11 is 1.66. The molecule has 106 valence electrons. The Morgan fingerprint density at radius 1 is 1.47 bits per heavy atom. The monoisotopic (exact) mass is 281 g/mol. The Labute approximate surface area is 119 Å². The first kappa shape index (κ1) is 14.5. The summed E-state index contributed by atoms with van der Waals surface area (Å²) in [6.45, 7) is 3.43. The molecular weight excluding hydrogens is 258 g/mol. The third kappa shape index (κ3) is 3.76. The summed E-state index contributed by atoms with van der Waals surface area (Å²) in [5, 5.41) is 1.05. The Kier molecular flexibility index (Phi) is 4.93. The molecule has 0 unspecified atom stereocenters. The molecular formula is C14H23N3OS. The van der Waals surface area contributed by atoms with Crippen LogP contribution in [0.4, 0.5) is 0 Å². The quantitative estimate of drug-likeness (QED) is 0.920. The SMILES string of the molecule is Cc1ncc(CN(C)C(=O)C2CCC(CN)CC2)s1. The van der Waals surface area contributed by atoms with Crippen LogP contribution < -0.4 is 5.73 Å². The van der Waals surface area contributed by atoms with Crippen molar-refractivity contribution in [3.63, 3.8) is 0 Å². The molecule has 19 heavy (non-hydrogen) atoms. The van der Waals surface area contributed by atoms with Gasteiger partial charge in [-0.15, -0.1) is 11.3 Å². The second-order valence-electron chi connectivity index (χ2n) is 5.49. The van der Waals surface area contributed by atoms with E-state index in [1.807, 2.05) is 25.1 Å². The summed E-state index contributed by atoms with van der Waals surface area (Å²) < 4.78 is 0. The number of nitrogens with zero attached hydrogens (tertiary/aromatic N) is 2.